The molecule has 1 N–H and O–H groups in total. The fourth-order valence-electron chi connectivity index (χ4n) is 1.96. The highest BCUT2D eigenvalue weighted by Gasteiger charge is 2.12. The third kappa shape index (κ3) is 5.07. The summed E-state index contributed by atoms with van der Waals surface area (Å²) in [5.74, 6) is 1.61. The molecular formula is C18H22ClNO. The van der Waals surface area contributed by atoms with E-state index in [-0.39, 0.29) is 5.54 Å². The van der Waals surface area contributed by atoms with Gasteiger partial charge in [-0.1, -0.05) is 35.4 Å². The van der Waals surface area contributed by atoms with Crippen molar-refractivity contribution in [2.45, 2.75) is 39.8 Å². The van der Waals surface area contributed by atoms with Crippen LogP contribution in [0.4, 0.5) is 0 Å². The van der Waals surface area contributed by atoms with Crippen LogP contribution in [-0.4, -0.2) is 5.54 Å². The van der Waals surface area contributed by atoms with E-state index in [1.165, 1.54) is 5.56 Å². The van der Waals surface area contributed by atoms with Crippen LogP contribution in [0.1, 0.15) is 31.9 Å². The number of hydrogen-bond acceptors (Lipinski definition) is 2. The van der Waals surface area contributed by atoms with Crippen LogP contribution in [0, 0.1) is 6.92 Å². The van der Waals surface area contributed by atoms with Crippen LogP contribution in [0.25, 0.3) is 0 Å². The Bertz CT molecular complexity index is 617. The maximum absolute atomic E-state index is 6.00. The highest BCUT2D eigenvalue weighted by molar-refractivity contribution is 6.30. The van der Waals surface area contributed by atoms with Gasteiger partial charge in [-0.25, -0.2) is 0 Å². The Labute approximate surface area is 132 Å². The van der Waals surface area contributed by atoms with Gasteiger partial charge in [-0.15, -0.1) is 0 Å². The number of hydrogen-bond donors (Lipinski definition) is 1. The van der Waals surface area contributed by atoms with Crippen molar-refractivity contribution in [2.24, 2.45) is 0 Å². The third-order valence-corrected chi connectivity index (χ3v) is 3.28. The first-order valence-electron chi connectivity index (χ1n) is 7.11. The van der Waals surface area contributed by atoms with Crippen molar-refractivity contribution in [1.29, 1.82) is 0 Å². The lowest BCUT2D eigenvalue weighted by atomic mass is 10.1. The Morgan fingerprint density at radius 1 is 1.10 bits per heavy atom. The SMILES string of the molecule is Cc1ccc(Oc2cccc(Cl)c2)c(CNC(C)(C)C)c1. The molecule has 0 heterocycles. The highest BCUT2D eigenvalue weighted by Crippen LogP contribution is 2.28. The standard InChI is InChI=1S/C18H22ClNO/c1-13-8-9-17(14(10-13)12-20-18(2,3)4)21-16-7-5-6-15(19)11-16/h5-11,20H,12H2,1-4H3. The van der Waals surface area contributed by atoms with Gasteiger partial charge >= 0.3 is 0 Å². The van der Waals surface area contributed by atoms with Gasteiger partial charge in [-0.05, 0) is 52.0 Å². The quantitative estimate of drug-likeness (QED) is 0.824. The molecule has 0 amide bonds. The maximum Gasteiger partial charge on any atom is 0.131 e. The molecule has 3 heteroatoms. The lowest BCUT2D eigenvalue weighted by molar-refractivity contribution is 0.414. The number of benzene rings is 2. The van der Waals surface area contributed by atoms with E-state index in [1.807, 2.05) is 30.3 Å². The molecule has 0 fully saturated rings. The van der Waals surface area contributed by atoms with Crippen molar-refractivity contribution in [2.75, 3.05) is 0 Å². The molecule has 0 aromatic heterocycles. The monoisotopic (exact) mass is 303 g/mol. The van der Waals surface area contributed by atoms with Crippen LogP contribution in [0.15, 0.2) is 42.5 Å². The number of aryl methyl sites for hydroxylation is 1. The lowest BCUT2D eigenvalue weighted by Gasteiger charge is -2.22. The van der Waals surface area contributed by atoms with E-state index in [4.69, 9.17) is 16.3 Å². The van der Waals surface area contributed by atoms with Gasteiger partial charge in [0.25, 0.3) is 0 Å². The van der Waals surface area contributed by atoms with Gasteiger partial charge < -0.3 is 10.1 Å². The summed E-state index contributed by atoms with van der Waals surface area (Å²) in [7, 11) is 0. The molecule has 0 aliphatic heterocycles. The Kier molecular flexibility index (Phi) is 4.92. The first-order valence-corrected chi connectivity index (χ1v) is 7.49. The van der Waals surface area contributed by atoms with Crippen molar-refractivity contribution in [3.8, 4) is 11.5 Å². The zero-order valence-corrected chi connectivity index (χ0v) is 13.8. The van der Waals surface area contributed by atoms with E-state index in [1.54, 1.807) is 0 Å². The topological polar surface area (TPSA) is 21.3 Å². The molecule has 2 rings (SSSR count). The number of ether oxygens (including phenoxy) is 1. The normalized spacial score (nSPS) is 11.5. The van der Waals surface area contributed by atoms with Crippen LogP contribution in [0.2, 0.25) is 5.02 Å². The Morgan fingerprint density at radius 2 is 1.86 bits per heavy atom. The van der Waals surface area contributed by atoms with Crippen molar-refractivity contribution in [3.63, 3.8) is 0 Å². The molecule has 0 saturated heterocycles. The summed E-state index contributed by atoms with van der Waals surface area (Å²) >= 11 is 6.00. The molecule has 0 bridgehead atoms. The number of halogens is 1. The smallest absolute Gasteiger partial charge is 0.131 e. The molecule has 2 aromatic carbocycles. The van der Waals surface area contributed by atoms with Crippen molar-refractivity contribution < 1.29 is 4.74 Å². The van der Waals surface area contributed by atoms with E-state index in [0.717, 1.165) is 23.6 Å². The van der Waals surface area contributed by atoms with Gasteiger partial charge in [0.05, 0.1) is 0 Å². The minimum Gasteiger partial charge on any atom is -0.457 e. The molecule has 21 heavy (non-hydrogen) atoms. The molecule has 2 aromatic rings. The molecule has 0 aliphatic rings. The lowest BCUT2D eigenvalue weighted by Crippen LogP contribution is -2.35. The first-order chi connectivity index (χ1) is 9.83. The molecule has 2 nitrogen and oxygen atoms in total. The summed E-state index contributed by atoms with van der Waals surface area (Å²) in [6.45, 7) is 9.31. The fourth-order valence-corrected chi connectivity index (χ4v) is 2.14. The second-order valence-corrected chi connectivity index (χ2v) is 6.71. The maximum atomic E-state index is 6.00. The zero-order valence-electron chi connectivity index (χ0n) is 13.0. The predicted molar refractivity (Wildman–Crippen MR) is 89.3 cm³/mol. The third-order valence-electron chi connectivity index (χ3n) is 3.05. The van der Waals surface area contributed by atoms with Crippen LogP contribution >= 0.6 is 11.6 Å². The molecule has 0 unspecified atom stereocenters. The van der Waals surface area contributed by atoms with Gasteiger partial charge in [0.2, 0.25) is 0 Å². The minimum atomic E-state index is 0.0665. The summed E-state index contributed by atoms with van der Waals surface area (Å²) in [6.07, 6.45) is 0. The van der Waals surface area contributed by atoms with Gasteiger partial charge in [0.15, 0.2) is 0 Å². The summed E-state index contributed by atoms with van der Waals surface area (Å²) < 4.78 is 5.99. The summed E-state index contributed by atoms with van der Waals surface area (Å²) in [5.41, 5.74) is 2.43. The highest BCUT2D eigenvalue weighted by atomic mass is 35.5. The number of nitrogens with one attached hydrogen (secondary N) is 1. The average Bonchev–Trinajstić information content (AvgIpc) is 2.38. The van der Waals surface area contributed by atoms with Crippen LogP contribution in [0.3, 0.4) is 0 Å². The molecular weight excluding hydrogens is 282 g/mol. The van der Waals surface area contributed by atoms with Crippen molar-refractivity contribution in [3.05, 3.63) is 58.6 Å². The van der Waals surface area contributed by atoms with Crippen LogP contribution in [0.5, 0.6) is 11.5 Å². The molecule has 112 valence electrons. The van der Waals surface area contributed by atoms with E-state index in [9.17, 15) is 0 Å². The van der Waals surface area contributed by atoms with Gasteiger partial charge in [-0.2, -0.15) is 0 Å². The van der Waals surface area contributed by atoms with Gasteiger partial charge in [0.1, 0.15) is 11.5 Å². The second kappa shape index (κ2) is 6.50. The molecule has 0 radical (unpaired) electrons. The van der Waals surface area contributed by atoms with E-state index in [2.05, 4.69) is 45.1 Å². The van der Waals surface area contributed by atoms with Gasteiger partial charge in [0, 0.05) is 22.7 Å². The molecule has 0 atom stereocenters. The number of rotatable bonds is 4. The zero-order chi connectivity index (χ0) is 15.5. The first kappa shape index (κ1) is 15.9. The minimum absolute atomic E-state index is 0.0665. The van der Waals surface area contributed by atoms with Crippen LogP contribution < -0.4 is 10.1 Å². The van der Waals surface area contributed by atoms with Gasteiger partial charge in [-0.3, -0.25) is 0 Å². The van der Waals surface area contributed by atoms with E-state index in [0.29, 0.717) is 5.02 Å². The van der Waals surface area contributed by atoms with E-state index >= 15 is 0 Å². The Hall–Kier alpha value is -1.51. The van der Waals surface area contributed by atoms with E-state index < -0.39 is 0 Å². The Balaban J connectivity index is 2.22. The summed E-state index contributed by atoms with van der Waals surface area (Å²) in [6, 6.07) is 13.7. The second-order valence-electron chi connectivity index (χ2n) is 6.27. The predicted octanol–water partition coefficient (Wildman–Crippen LogP) is 5.33. The van der Waals surface area contributed by atoms with Crippen molar-refractivity contribution >= 4 is 11.6 Å². The largest absolute Gasteiger partial charge is 0.457 e. The summed E-state index contributed by atoms with van der Waals surface area (Å²) in [5, 5.41) is 4.17. The average molecular weight is 304 g/mol. The Morgan fingerprint density at radius 3 is 2.52 bits per heavy atom. The molecule has 0 spiro atoms. The summed E-state index contributed by atoms with van der Waals surface area (Å²) in [4.78, 5) is 0. The van der Waals surface area contributed by atoms with Crippen LogP contribution in [-0.2, 0) is 6.54 Å². The molecule has 0 aliphatic carbocycles. The molecule has 0 saturated carbocycles. The van der Waals surface area contributed by atoms with Crippen molar-refractivity contribution in [1.82, 2.24) is 5.32 Å². The fraction of sp³-hybridized carbons (Fsp3) is 0.333.